The first kappa shape index (κ1) is 16.7. The molecule has 1 aliphatic heterocycles. The number of esters is 1. The summed E-state index contributed by atoms with van der Waals surface area (Å²) >= 11 is 3.39. The summed E-state index contributed by atoms with van der Waals surface area (Å²) in [5.41, 5.74) is 0.980. The zero-order valence-corrected chi connectivity index (χ0v) is 15.0. The lowest BCUT2D eigenvalue weighted by Gasteiger charge is -2.15. The van der Waals surface area contributed by atoms with E-state index in [1.807, 2.05) is 24.3 Å². The largest absolute Gasteiger partial charge is 0.496 e. The zero-order valence-electron chi connectivity index (χ0n) is 13.4. The zero-order chi connectivity index (χ0) is 16.9. The number of nitrogens with zero attached hydrogens (tertiary/aromatic N) is 3. The molecule has 1 aromatic heterocycles. The maximum Gasteiger partial charge on any atom is 0.359 e. The second-order valence-corrected chi connectivity index (χ2v) is 6.42. The maximum atomic E-state index is 12.1. The summed E-state index contributed by atoms with van der Waals surface area (Å²) < 4.78 is 11.5. The van der Waals surface area contributed by atoms with Crippen LogP contribution in [0.15, 0.2) is 34.8 Å². The molecule has 6 nitrogen and oxygen atoms in total. The van der Waals surface area contributed by atoms with Gasteiger partial charge >= 0.3 is 5.97 Å². The number of methoxy groups -OCH3 is 1. The van der Waals surface area contributed by atoms with Gasteiger partial charge in [-0.15, -0.1) is 10.2 Å². The molecule has 24 heavy (non-hydrogen) atoms. The second-order valence-electron chi connectivity index (χ2n) is 5.50. The molecule has 7 heteroatoms. The minimum atomic E-state index is -0.502. The van der Waals surface area contributed by atoms with Gasteiger partial charge < -0.3 is 14.4 Å². The van der Waals surface area contributed by atoms with E-state index >= 15 is 0 Å². The van der Waals surface area contributed by atoms with E-state index < -0.39 is 5.97 Å². The monoisotopic (exact) mass is 391 g/mol. The molecule has 0 aliphatic carbocycles. The molecule has 0 bridgehead atoms. The van der Waals surface area contributed by atoms with Crippen LogP contribution >= 0.6 is 15.9 Å². The predicted octanol–water partition coefficient (Wildman–Crippen LogP) is 3.20. The molecule has 0 N–H and O–H groups in total. The summed E-state index contributed by atoms with van der Waals surface area (Å²) in [7, 11) is 1.58. The van der Waals surface area contributed by atoms with Crippen LogP contribution in [0.1, 0.15) is 28.9 Å². The van der Waals surface area contributed by atoms with Crippen LogP contribution in [0.3, 0.4) is 0 Å². The molecule has 1 saturated heterocycles. The highest BCUT2D eigenvalue weighted by Gasteiger charge is 2.16. The van der Waals surface area contributed by atoms with Crippen molar-refractivity contribution in [2.24, 2.45) is 0 Å². The number of ether oxygens (including phenoxy) is 2. The van der Waals surface area contributed by atoms with E-state index in [1.165, 1.54) is 12.8 Å². The summed E-state index contributed by atoms with van der Waals surface area (Å²) in [6, 6.07) is 9.01. The highest BCUT2D eigenvalue weighted by molar-refractivity contribution is 9.10. The molecule has 3 rings (SSSR count). The number of hydrogen-bond donors (Lipinski definition) is 0. The Morgan fingerprint density at radius 1 is 1.21 bits per heavy atom. The van der Waals surface area contributed by atoms with Gasteiger partial charge in [0.1, 0.15) is 12.4 Å². The Morgan fingerprint density at radius 3 is 2.67 bits per heavy atom. The molecular weight excluding hydrogens is 374 g/mol. The first-order valence-electron chi connectivity index (χ1n) is 7.75. The van der Waals surface area contributed by atoms with Crippen molar-refractivity contribution in [1.82, 2.24) is 10.2 Å². The van der Waals surface area contributed by atoms with Crippen molar-refractivity contribution in [3.8, 4) is 5.75 Å². The Balaban J connectivity index is 1.63. The molecule has 1 aromatic carbocycles. The number of anilines is 1. The van der Waals surface area contributed by atoms with Crippen LogP contribution < -0.4 is 9.64 Å². The smallest absolute Gasteiger partial charge is 0.359 e. The average Bonchev–Trinajstić information content (AvgIpc) is 3.14. The predicted molar refractivity (Wildman–Crippen MR) is 93.3 cm³/mol. The van der Waals surface area contributed by atoms with Crippen molar-refractivity contribution in [2.45, 2.75) is 19.4 Å². The van der Waals surface area contributed by atoms with Gasteiger partial charge in [-0.3, -0.25) is 0 Å². The molecule has 126 valence electrons. The molecule has 0 amide bonds. The normalized spacial score (nSPS) is 13.8. The third-order valence-corrected chi connectivity index (χ3v) is 4.38. The molecule has 0 spiro atoms. The van der Waals surface area contributed by atoms with Crippen LogP contribution in [-0.4, -0.2) is 36.4 Å². The minimum absolute atomic E-state index is 0.108. The van der Waals surface area contributed by atoms with Crippen LogP contribution in [-0.2, 0) is 11.3 Å². The number of hydrogen-bond acceptors (Lipinski definition) is 6. The first-order chi connectivity index (χ1) is 11.7. The van der Waals surface area contributed by atoms with Crippen molar-refractivity contribution >= 4 is 27.7 Å². The molecule has 2 aromatic rings. The summed E-state index contributed by atoms with van der Waals surface area (Å²) in [6.45, 7) is 2.08. The fourth-order valence-corrected chi connectivity index (χ4v) is 3.03. The molecule has 1 aliphatic rings. The first-order valence-corrected chi connectivity index (χ1v) is 8.55. The van der Waals surface area contributed by atoms with E-state index in [4.69, 9.17) is 9.47 Å². The van der Waals surface area contributed by atoms with Gasteiger partial charge in [0.25, 0.3) is 0 Å². The van der Waals surface area contributed by atoms with Gasteiger partial charge in [-0.2, -0.15) is 0 Å². The second kappa shape index (κ2) is 7.61. The number of rotatable bonds is 5. The lowest BCUT2D eigenvalue weighted by molar-refractivity contribution is 0.0462. The van der Waals surface area contributed by atoms with Gasteiger partial charge in [0.2, 0.25) is 0 Å². The van der Waals surface area contributed by atoms with Crippen molar-refractivity contribution < 1.29 is 14.3 Å². The lowest BCUT2D eigenvalue weighted by atomic mass is 10.2. The topological polar surface area (TPSA) is 64.6 Å². The fourth-order valence-electron chi connectivity index (χ4n) is 2.63. The van der Waals surface area contributed by atoms with E-state index in [9.17, 15) is 4.79 Å². The molecular formula is C17H18BrN3O3. The van der Waals surface area contributed by atoms with Crippen molar-refractivity contribution in [2.75, 3.05) is 25.1 Å². The van der Waals surface area contributed by atoms with Crippen LogP contribution in [0, 0.1) is 0 Å². The number of halogens is 1. The maximum absolute atomic E-state index is 12.1. The van der Waals surface area contributed by atoms with Crippen LogP contribution in [0.5, 0.6) is 5.75 Å². The van der Waals surface area contributed by atoms with E-state index in [0.717, 1.165) is 28.9 Å². The summed E-state index contributed by atoms with van der Waals surface area (Å²) in [5, 5.41) is 8.12. The van der Waals surface area contributed by atoms with Gasteiger partial charge in [0, 0.05) is 23.1 Å². The number of carbonyl (C=O) groups is 1. The van der Waals surface area contributed by atoms with Crippen LogP contribution in [0.25, 0.3) is 0 Å². The van der Waals surface area contributed by atoms with E-state index in [2.05, 4.69) is 31.0 Å². The summed E-state index contributed by atoms with van der Waals surface area (Å²) in [6.07, 6.45) is 2.33. The standard InChI is InChI=1S/C17H18BrN3O3/c1-23-15-6-4-13(18)10-12(15)11-24-17(22)14-5-7-16(20-19-14)21-8-2-3-9-21/h4-7,10H,2-3,8-9,11H2,1H3. The van der Waals surface area contributed by atoms with Gasteiger partial charge in [0.05, 0.1) is 7.11 Å². The van der Waals surface area contributed by atoms with Gasteiger partial charge in [-0.1, -0.05) is 15.9 Å². The van der Waals surface area contributed by atoms with Crippen molar-refractivity contribution in [3.05, 3.63) is 46.1 Å². The Hall–Kier alpha value is -2.15. The molecule has 0 saturated carbocycles. The third kappa shape index (κ3) is 3.84. The number of aromatic nitrogens is 2. The van der Waals surface area contributed by atoms with E-state index in [1.54, 1.807) is 13.2 Å². The lowest BCUT2D eigenvalue weighted by Crippen LogP contribution is -2.20. The quantitative estimate of drug-likeness (QED) is 0.729. The number of benzene rings is 1. The fraction of sp³-hybridized carbons (Fsp3) is 0.353. The average molecular weight is 392 g/mol. The highest BCUT2D eigenvalue weighted by atomic mass is 79.9. The van der Waals surface area contributed by atoms with Gasteiger partial charge in [0.15, 0.2) is 11.5 Å². The summed E-state index contributed by atoms with van der Waals surface area (Å²) in [5.74, 6) is 0.969. The third-order valence-electron chi connectivity index (χ3n) is 3.89. The molecule has 1 fully saturated rings. The van der Waals surface area contributed by atoms with Crippen molar-refractivity contribution in [1.29, 1.82) is 0 Å². The van der Waals surface area contributed by atoms with Crippen LogP contribution in [0.2, 0.25) is 0 Å². The minimum Gasteiger partial charge on any atom is -0.496 e. The Morgan fingerprint density at radius 2 is 2.00 bits per heavy atom. The highest BCUT2D eigenvalue weighted by Crippen LogP contribution is 2.24. The Kier molecular flexibility index (Phi) is 5.30. The van der Waals surface area contributed by atoms with Crippen LogP contribution in [0.4, 0.5) is 5.82 Å². The van der Waals surface area contributed by atoms with Crippen molar-refractivity contribution in [3.63, 3.8) is 0 Å². The Labute approximate surface area is 148 Å². The SMILES string of the molecule is COc1ccc(Br)cc1COC(=O)c1ccc(N2CCCC2)nn1. The Bertz CT molecular complexity index is 716. The van der Waals surface area contributed by atoms with Gasteiger partial charge in [-0.05, 0) is 43.2 Å². The molecule has 0 atom stereocenters. The number of carbonyl (C=O) groups excluding carboxylic acids is 1. The van der Waals surface area contributed by atoms with Gasteiger partial charge in [-0.25, -0.2) is 4.79 Å². The summed E-state index contributed by atoms with van der Waals surface area (Å²) in [4.78, 5) is 14.3. The van der Waals surface area contributed by atoms with E-state index in [0.29, 0.717) is 5.75 Å². The molecule has 0 unspecified atom stereocenters. The molecule has 0 radical (unpaired) electrons. The molecule has 2 heterocycles. The van der Waals surface area contributed by atoms with E-state index in [-0.39, 0.29) is 12.3 Å².